The van der Waals surface area contributed by atoms with Crippen LogP contribution in [0.1, 0.15) is 18.6 Å². The molecular weight excluding hydrogens is 255 g/mol. The van der Waals surface area contributed by atoms with Crippen LogP contribution >= 0.6 is 11.6 Å². The molecule has 2 aromatic carbocycles. The second-order valence-electron chi connectivity index (χ2n) is 3.90. The van der Waals surface area contributed by atoms with Gasteiger partial charge < -0.3 is 9.84 Å². The van der Waals surface area contributed by atoms with Crippen LogP contribution in [0.4, 0.5) is 4.39 Å². The summed E-state index contributed by atoms with van der Waals surface area (Å²) < 4.78 is 19.0. The minimum absolute atomic E-state index is 0.0214. The molecule has 0 aliphatic carbocycles. The number of hydrogen-bond donors (Lipinski definition) is 1. The van der Waals surface area contributed by atoms with Gasteiger partial charge in [-0.1, -0.05) is 29.8 Å². The molecule has 0 radical (unpaired) electrons. The number of benzene rings is 2. The molecule has 1 atom stereocenters. The molecule has 0 amide bonds. The summed E-state index contributed by atoms with van der Waals surface area (Å²) in [6.45, 7) is 1.67. The lowest BCUT2D eigenvalue weighted by molar-refractivity contribution is 0.199. The Bertz CT molecular complexity index is 538. The fourth-order valence-corrected chi connectivity index (χ4v) is 1.67. The van der Waals surface area contributed by atoms with Crippen LogP contribution in [0.25, 0.3) is 0 Å². The zero-order valence-electron chi connectivity index (χ0n) is 9.73. The van der Waals surface area contributed by atoms with E-state index in [4.69, 9.17) is 16.3 Å². The number of ether oxygens (including phenoxy) is 1. The van der Waals surface area contributed by atoms with E-state index in [1.54, 1.807) is 37.3 Å². The van der Waals surface area contributed by atoms with E-state index in [0.29, 0.717) is 5.75 Å². The van der Waals surface area contributed by atoms with E-state index in [0.717, 1.165) is 5.56 Å². The molecule has 0 heterocycles. The highest BCUT2D eigenvalue weighted by atomic mass is 35.5. The van der Waals surface area contributed by atoms with Crippen molar-refractivity contribution >= 4 is 11.6 Å². The van der Waals surface area contributed by atoms with Gasteiger partial charge in [0.05, 0.1) is 11.1 Å². The minimum atomic E-state index is -0.584. The van der Waals surface area contributed by atoms with E-state index in [1.807, 2.05) is 0 Å². The first-order valence-electron chi connectivity index (χ1n) is 5.48. The molecule has 1 unspecified atom stereocenters. The third kappa shape index (κ3) is 2.81. The molecule has 0 aliphatic rings. The number of aliphatic hydroxyl groups is 1. The van der Waals surface area contributed by atoms with Crippen molar-refractivity contribution in [2.24, 2.45) is 0 Å². The highest BCUT2D eigenvalue weighted by Gasteiger charge is 2.08. The van der Waals surface area contributed by atoms with Crippen LogP contribution in [-0.4, -0.2) is 5.11 Å². The SMILES string of the molecule is CC(O)c1ccc(Oc2cccc(Cl)c2F)cc1. The van der Waals surface area contributed by atoms with Gasteiger partial charge in [0.2, 0.25) is 0 Å². The van der Waals surface area contributed by atoms with E-state index in [9.17, 15) is 9.50 Å². The number of hydrogen-bond acceptors (Lipinski definition) is 2. The predicted octanol–water partition coefficient (Wildman–Crippen LogP) is 4.32. The fourth-order valence-electron chi connectivity index (χ4n) is 1.50. The lowest BCUT2D eigenvalue weighted by Crippen LogP contribution is -1.92. The highest BCUT2D eigenvalue weighted by molar-refractivity contribution is 6.30. The quantitative estimate of drug-likeness (QED) is 0.896. The van der Waals surface area contributed by atoms with Crippen LogP contribution in [0.15, 0.2) is 42.5 Å². The molecule has 18 heavy (non-hydrogen) atoms. The van der Waals surface area contributed by atoms with Crippen molar-refractivity contribution < 1.29 is 14.2 Å². The Morgan fingerprint density at radius 3 is 2.44 bits per heavy atom. The smallest absolute Gasteiger partial charge is 0.184 e. The molecule has 4 heteroatoms. The molecule has 0 aromatic heterocycles. The number of rotatable bonds is 3. The predicted molar refractivity (Wildman–Crippen MR) is 68.6 cm³/mol. The average Bonchev–Trinajstić information content (AvgIpc) is 2.36. The van der Waals surface area contributed by atoms with E-state index < -0.39 is 11.9 Å². The summed E-state index contributed by atoms with van der Waals surface area (Å²) in [4.78, 5) is 0. The summed E-state index contributed by atoms with van der Waals surface area (Å²) >= 11 is 5.66. The average molecular weight is 267 g/mol. The summed E-state index contributed by atoms with van der Waals surface area (Å²) in [5.41, 5.74) is 0.772. The van der Waals surface area contributed by atoms with Crippen LogP contribution < -0.4 is 4.74 Å². The summed E-state index contributed by atoms with van der Waals surface area (Å²) in [6.07, 6.45) is -0.540. The van der Waals surface area contributed by atoms with Crippen molar-refractivity contribution in [2.75, 3.05) is 0 Å². The van der Waals surface area contributed by atoms with Crippen molar-refractivity contribution in [3.05, 3.63) is 58.9 Å². The Balaban J connectivity index is 2.21. The zero-order chi connectivity index (χ0) is 13.1. The van der Waals surface area contributed by atoms with Gasteiger partial charge in [-0.25, -0.2) is 4.39 Å². The first kappa shape index (κ1) is 12.9. The summed E-state index contributed by atoms with van der Waals surface area (Å²) in [6, 6.07) is 11.4. The monoisotopic (exact) mass is 266 g/mol. The normalized spacial score (nSPS) is 12.2. The van der Waals surface area contributed by atoms with Crippen LogP contribution in [-0.2, 0) is 0 Å². The van der Waals surface area contributed by atoms with Gasteiger partial charge in [0.1, 0.15) is 5.75 Å². The molecule has 2 rings (SSSR count). The first-order chi connectivity index (χ1) is 8.58. The van der Waals surface area contributed by atoms with Gasteiger partial charge in [-0.15, -0.1) is 0 Å². The maximum absolute atomic E-state index is 13.6. The van der Waals surface area contributed by atoms with Crippen molar-refractivity contribution in [3.8, 4) is 11.5 Å². The third-order valence-electron chi connectivity index (χ3n) is 2.51. The van der Waals surface area contributed by atoms with E-state index >= 15 is 0 Å². The van der Waals surface area contributed by atoms with Crippen molar-refractivity contribution in [2.45, 2.75) is 13.0 Å². The molecule has 0 aliphatic heterocycles. The Kier molecular flexibility index (Phi) is 3.84. The Morgan fingerprint density at radius 2 is 1.83 bits per heavy atom. The van der Waals surface area contributed by atoms with Gasteiger partial charge in [-0.2, -0.15) is 0 Å². The van der Waals surface area contributed by atoms with Gasteiger partial charge in [0.25, 0.3) is 0 Å². The molecule has 0 fully saturated rings. The maximum atomic E-state index is 13.6. The zero-order valence-corrected chi connectivity index (χ0v) is 10.5. The molecule has 0 saturated heterocycles. The Morgan fingerprint density at radius 1 is 1.17 bits per heavy atom. The van der Waals surface area contributed by atoms with Gasteiger partial charge in [0.15, 0.2) is 11.6 Å². The van der Waals surface area contributed by atoms with Crippen LogP contribution in [0.5, 0.6) is 11.5 Å². The third-order valence-corrected chi connectivity index (χ3v) is 2.80. The Hall–Kier alpha value is -1.58. The van der Waals surface area contributed by atoms with Gasteiger partial charge >= 0.3 is 0 Å². The highest BCUT2D eigenvalue weighted by Crippen LogP contribution is 2.29. The fraction of sp³-hybridized carbons (Fsp3) is 0.143. The Labute approximate surface area is 110 Å². The number of halogens is 2. The van der Waals surface area contributed by atoms with Crippen LogP contribution in [0.3, 0.4) is 0 Å². The van der Waals surface area contributed by atoms with Crippen LogP contribution in [0.2, 0.25) is 5.02 Å². The standard InChI is InChI=1S/C14H12ClFO2/c1-9(17)10-5-7-11(8-6-10)18-13-4-2-3-12(15)14(13)16/h2-9,17H,1H3. The molecule has 0 saturated carbocycles. The number of aliphatic hydroxyl groups excluding tert-OH is 1. The maximum Gasteiger partial charge on any atom is 0.184 e. The van der Waals surface area contributed by atoms with Crippen molar-refractivity contribution in [3.63, 3.8) is 0 Å². The second-order valence-corrected chi connectivity index (χ2v) is 4.31. The lowest BCUT2D eigenvalue weighted by Gasteiger charge is -2.09. The first-order valence-corrected chi connectivity index (χ1v) is 5.85. The molecule has 1 N–H and O–H groups in total. The molecule has 2 nitrogen and oxygen atoms in total. The lowest BCUT2D eigenvalue weighted by atomic mass is 10.1. The largest absolute Gasteiger partial charge is 0.454 e. The molecule has 0 bridgehead atoms. The topological polar surface area (TPSA) is 29.5 Å². The second kappa shape index (κ2) is 5.38. The van der Waals surface area contributed by atoms with Gasteiger partial charge in [-0.3, -0.25) is 0 Å². The molecule has 0 spiro atoms. The van der Waals surface area contributed by atoms with Crippen LogP contribution in [0, 0.1) is 5.82 Å². The van der Waals surface area contributed by atoms with E-state index in [1.165, 1.54) is 12.1 Å². The molecule has 2 aromatic rings. The summed E-state index contributed by atoms with van der Waals surface area (Å²) in [5.74, 6) is -0.0216. The van der Waals surface area contributed by atoms with Crippen molar-refractivity contribution in [1.29, 1.82) is 0 Å². The molecule has 94 valence electrons. The molecular formula is C14H12ClFO2. The van der Waals surface area contributed by atoms with Gasteiger partial charge in [0, 0.05) is 0 Å². The van der Waals surface area contributed by atoms with Crippen molar-refractivity contribution in [1.82, 2.24) is 0 Å². The summed E-state index contributed by atoms with van der Waals surface area (Å²) in [7, 11) is 0. The summed E-state index contributed by atoms with van der Waals surface area (Å²) in [5, 5.41) is 9.39. The van der Waals surface area contributed by atoms with Gasteiger partial charge in [-0.05, 0) is 36.8 Å². The van der Waals surface area contributed by atoms with E-state index in [2.05, 4.69) is 0 Å². The van der Waals surface area contributed by atoms with E-state index in [-0.39, 0.29) is 10.8 Å². The minimum Gasteiger partial charge on any atom is -0.454 e.